The first-order valence-corrected chi connectivity index (χ1v) is 5.68. The SMILES string of the molecule is CN(C)C(=O)CNC(=O)c1ccc(Br)cc1O. The lowest BCUT2D eigenvalue weighted by atomic mass is 10.2. The molecule has 2 N–H and O–H groups in total. The molecule has 5 nitrogen and oxygen atoms in total. The Kier molecular flexibility index (Phi) is 4.51. The molecule has 0 bridgehead atoms. The molecule has 0 spiro atoms. The Morgan fingerprint density at radius 2 is 2.06 bits per heavy atom. The first kappa shape index (κ1) is 13.5. The van der Waals surface area contributed by atoms with Crippen molar-refractivity contribution in [2.75, 3.05) is 20.6 Å². The van der Waals surface area contributed by atoms with Crippen LogP contribution in [-0.4, -0.2) is 42.5 Å². The number of aromatic hydroxyl groups is 1. The van der Waals surface area contributed by atoms with Gasteiger partial charge in [0.05, 0.1) is 12.1 Å². The Bertz CT molecular complexity index is 446. The van der Waals surface area contributed by atoms with Gasteiger partial charge in [0, 0.05) is 18.6 Å². The molecule has 0 aromatic heterocycles. The number of nitrogens with zero attached hydrogens (tertiary/aromatic N) is 1. The van der Waals surface area contributed by atoms with Crippen molar-refractivity contribution in [1.82, 2.24) is 10.2 Å². The topological polar surface area (TPSA) is 69.6 Å². The fraction of sp³-hybridized carbons (Fsp3) is 0.273. The summed E-state index contributed by atoms with van der Waals surface area (Å²) in [6.45, 7) is -0.0959. The van der Waals surface area contributed by atoms with Crippen LogP contribution < -0.4 is 5.32 Å². The molecular weight excluding hydrogens is 288 g/mol. The molecule has 1 aromatic rings. The lowest BCUT2D eigenvalue weighted by Crippen LogP contribution is -2.36. The van der Waals surface area contributed by atoms with Gasteiger partial charge in [0.2, 0.25) is 5.91 Å². The standard InChI is InChI=1S/C11H13BrN2O3/c1-14(2)10(16)6-13-11(17)8-4-3-7(12)5-9(8)15/h3-5,15H,6H2,1-2H3,(H,13,17). The monoisotopic (exact) mass is 300 g/mol. The molecule has 17 heavy (non-hydrogen) atoms. The summed E-state index contributed by atoms with van der Waals surface area (Å²) >= 11 is 3.17. The molecule has 0 aliphatic carbocycles. The maximum atomic E-state index is 11.6. The minimum atomic E-state index is -0.481. The maximum absolute atomic E-state index is 11.6. The maximum Gasteiger partial charge on any atom is 0.255 e. The third-order valence-corrected chi connectivity index (χ3v) is 2.60. The van der Waals surface area contributed by atoms with Crippen LogP contribution in [0.1, 0.15) is 10.4 Å². The number of amides is 2. The summed E-state index contributed by atoms with van der Waals surface area (Å²) in [6.07, 6.45) is 0. The fourth-order valence-electron chi connectivity index (χ4n) is 1.11. The number of benzene rings is 1. The van der Waals surface area contributed by atoms with Crippen molar-refractivity contribution in [1.29, 1.82) is 0 Å². The van der Waals surface area contributed by atoms with Crippen molar-refractivity contribution in [3.05, 3.63) is 28.2 Å². The number of halogens is 1. The molecule has 92 valence electrons. The number of phenols is 1. The molecule has 0 aliphatic heterocycles. The number of hydrogen-bond donors (Lipinski definition) is 2. The van der Waals surface area contributed by atoms with Gasteiger partial charge in [-0.1, -0.05) is 15.9 Å². The summed E-state index contributed by atoms with van der Waals surface area (Å²) in [4.78, 5) is 24.3. The lowest BCUT2D eigenvalue weighted by molar-refractivity contribution is -0.127. The average Bonchev–Trinajstić information content (AvgIpc) is 2.25. The molecule has 1 rings (SSSR count). The van der Waals surface area contributed by atoms with E-state index in [1.54, 1.807) is 20.2 Å². The first-order valence-electron chi connectivity index (χ1n) is 4.88. The molecule has 0 atom stereocenters. The quantitative estimate of drug-likeness (QED) is 0.874. The van der Waals surface area contributed by atoms with E-state index in [2.05, 4.69) is 21.2 Å². The molecule has 2 amide bonds. The highest BCUT2D eigenvalue weighted by molar-refractivity contribution is 9.10. The van der Waals surface area contributed by atoms with E-state index in [1.807, 2.05) is 0 Å². The van der Waals surface area contributed by atoms with Gasteiger partial charge in [0.1, 0.15) is 5.75 Å². The van der Waals surface area contributed by atoms with E-state index in [4.69, 9.17) is 0 Å². The Labute approximate surface area is 108 Å². The molecule has 0 unspecified atom stereocenters. The van der Waals surface area contributed by atoms with E-state index < -0.39 is 5.91 Å². The highest BCUT2D eigenvalue weighted by Crippen LogP contribution is 2.21. The van der Waals surface area contributed by atoms with Crippen LogP contribution in [0.2, 0.25) is 0 Å². The van der Waals surface area contributed by atoms with Gasteiger partial charge in [-0.3, -0.25) is 9.59 Å². The van der Waals surface area contributed by atoms with Gasteiger partial charge in [-0.15, -0.1) is 0 Å². The third-order valence-electron chi connectivity index (χ3n) is 2.10. The zero-order valence-corrected chi connectivity index (χ0v) is 11.1. The number of carbonyl (C=O) groups excluding carboxylic acids is 2. The fourth-order valence-corrected chi connectivity index (χ4v) is 1.46. The second-order valence-corrected chi connectivity index (χ2v) is 4.55. The molecule has 0 saturated carbocycles. The second-order valence-electron chi connectivity index (χ2n) is 3.63. The van der Waals surface area contributed by atoms with Crippen LogP contribution >= 0.6 is 15.9 Å². The highest BCUT2D eigenvalue weighted by Gasteiger charge is 2.12. The number of carbonyl (C=O) groups is 2. The lowest BCUT2D eigenvalue weighted by Gasteiger charge is -2.11. The van der Waals surface area contributed by atoms with Crippen molar-refractivity contribution in [2.24, 2.45) is 0 Å². The third kappa shape index (κ3) is 3.74. The van der Waals surface area contributed by atoms with Gasteiger partial charge < -0.3 is 15.3 Å². The summed E-state index contributed by atoms with van der Waals surface area (Å²) in [7, 11) is 3.21. The molecule has 6 heteroatoms. The molecule has 0 fully saturated rings. The number of phenolic OH excluding ortho intramolecular Hbond substituents is 1. The summed E-state index contributed by atoms with van der Waals surface area (Å²) in [5, 5.41) is 12.0. The normalized spacial score (nSPS) is 9.82. The average molecular weight is 301 g/mol. The van der Waals surface area contributed by atoms with Gasteiger partial charge >= 0.3 is 0 Å². The Morgan fingerprint density at radius 3 is 2.59 bits per heavy atom. The summed E-state index contributed by atoms with van der Waals surface area (Å²) in [6, 6.07) is 4.54. The number of rotatable bonds is 3. The summed E-state index contributed by atoms with van der Waals surface area (Å²) < 4.78 is 0.677. The predicted molar refractivity (Wildman–Crippen MR) is 66.8 cm³/mol. The van der Waals surface area contributed by atoms with Gasteiger partial charge in [-0.05, 0) is 18.2 Å². The van der Waals surface area contributed by atoms with E-state index in [-0.39, 0.29) is 23.8 Å². The number of nitrogens with one attached hydrogen (secondary N) is 1. The van der Waals surface area contributed by atoms with Crippen molar-refractivity contribution in [3.8, 4) is 5.75 Å². The van der Waals surface area contributed by atoms with Gasteiger partial charge in [0.15, 0.2) is 0 Å². The minimum Gasteiger partial charge on any atom is -0.507 e. The van der Waals surface area contributed by atoms with Crippen LogP contribution in [0, 0.1) is 0 Å². The van der Waals surface area contributed by atoms with E-state index in [9.17, 15) is 14.7 Å². The molecule has 1 aromatic carbocycles. The van der Waals surface area contributed by atoms with Crippen LogP contribution in [0.4, 0.5) is 0 Å². The zero-order chi connectivity index (χ0) is 13.0. The molecule has 0 heterocycles. The van der Waals surface area contributed by atoms with Gasteiger partial charge in [-0.25, -0.2) is 0 Å². The smallest absolute Gasteiger partial charge is 0.255 e. The van der Waals surface area contributed by atoms with E-state index in [1.165, 1.54) is 17.0 Å². The minimum absolute atomic E-state index is 0.0959. The van der Waals surface area contributed by atoms with Crippen LogP contribution in [0.15, 0.2) is 22.7 Å². The first-order chi connectivity index (χ1) is 7.91. The Balaban J connectivity index is 2.68. The van der Waals surface area contributed by atoms with Crippen molar-refractivity contribution in [3.63, 3.8) is 0 Å². The summed E-state index contributed by atoms with van der Waals surface area (Å²) in [5.41, 5.74) is 0.139. The second kappa shape index (κ2) is 5.67. The Hall–Kier alpha value is -1.56. The predicted octanol–water partition coefficient (Wildman–Crippen LogP) is 0.973. The zero-order valence-electron chi connectivity index (χ0n) is 9.53. The van der Waals surface area contributed by atoms with Crippen molar-refractivity contribution >= 4 is 27.7 Å². The van der Waals surface area contributed by atoms with E-state index in [0.717, 1.165) is 0 Å². The van der Waals surface area contributed by atoms with Crippen LogP contribution in [0.25, 0.3) is 0 Å². The van der Waals surface area contributed by atoms with E-state index >= 15 is 0 Å². The number of likely N-dealkylation sites (N-methyl/N-ethyl adjacent to an activating group) is 1. The van der Waals surface area contributed by atoms with Crippen molar-refractivity contribution < 1.29 is 14.7 Å². The molecular formula is C11H13BrN2O3. The van der Waals surface area contributed by atoms with Crippen LogP contribution in [0.3, 0.4) is 0 Å². The highest BCUT2D eigenvalue weighted by atomic mass is 79.9. The molecule has 0 saturated heterocycles. The van der Waals surface area contributed by atoms with Crippen LogP contribution in [0.5, 0.6) is 5.75 Å². The van der Waals surface area contributed by atoms with Crippen LogP contribution in [-0.2, 0) is 4.79 Å². The largest absolute Gasteiger partial charge is 0.507 e. The van der Waals surface area contributed by atoms with E-state index in [0.29, 0.717) is 4.47 Å². The molecule has 0 radical (unpaired) electrons. The molecule has 0 aliphatic rings. The van der Waals surface area contributed by atoms with Crippen molar-refractivity contribution in [2.45, 2.75) is 0 Å². The van der Waals surface area contributed by atoms with Gasteiger partial charge in [0.25, 0.3) is 5.91 Å². The summed E-state index contributed by atoms with van der Waals surface area (Å²) in [5.74, 6) is -0.825. The Morgan fingerprint density at radius 1 is 1.41 bits per heavy atom. The number of hydrogen-bond acceptors (Lipinski definition) is 3. The van der Waals surface area contributed by atoms with Gasteiger partial charge in [-0.2, -0.15) is 0 Å².